The van der Waals surface area contributed by atoms with Crippen LogP contribution < -0.4 is 5.73 Å². The van der Waals surface area contributed by atoms with Crippen molar-refractivity contribution in [1.82, 2.24) is 0 Å². The minimum Gasteiger partial charge on any atom is -0.507 e. The van der Waals surface area contributed by atoms with Crippen molar-refractivity contribution in [1.29, 1.82) is 0 Å². The smallest absolute Gasteiger partial charge is 0.240 e. The van der Waals surface area contributed by atoms with Gasteiger partial charge in [0.05, 0.1) is 0 Å². The Kier molecular flexibility index (Phi) is 5.68. The van der Waals surface area contributed by atoms with Crippen molar-refractivity contribution < 1.29 is 13.9 Å². The van der Waals surface area contributed by atoms with Crippen LogP contribution in [0.2, 0.25) is 0 Å². The number of aromatic hydroxyl groups is 1. The summed E-state index contributed by atoms with van der Waals surface area (Å²) in [4.78, 5) is 0. The number of rotatable bonds is 3. The van der Waals surface area contributed by atoms with Gasteiger partial charge in [0.25, 0.3) is 0 Å². The van der Waals surface area contributed by atoms with Gasteiger partial charge < -0.3 is 10.8 Å². The number of phenols is 1. The highest BCUT2D eigenvalue weighted by atomic mass is 35.5. The van der Waals surface area contributed by atoms with Crippen LogP contribution in [0.4, 0.5) is 8.78 Å². The molecule has 0 radical (unpaired) electrons. The van der Waals surface area contributed by atoms with Gasteiger partial charge in [0.2, 0.25) is 6.43 Å². The van der Waals surface area contributed by atoms with Gasteiger partial charge in [-0.2, -0.15) is 0 Å². The SMILES string of the molecule is Cc1cc([C@@H](N)CC(F)F)cc(C)c1O.Cl. The Labute approximate surface area is 99.9 Å². The number of alkyl halides is 2. The molecule has 3 N–H and O–H groups in total. The maximum Gasteiger partial charge on any atom is 0.240 e. The molecule has 1 rings (SSSR count). The summed E-state index contributed by atoms with van der Waals surface area (Å²) in [7, 11) is 0. The van der Waals surface area contributed by atoms with Crippen molar-refractivity contribution in [2.24, 2.45) is 5.73 Å². The number of benzene rings is 1. The summed E-state index contributed by atoms with van der Waals surface area (Å²) < 4.78 is 24.2. The first-order valence-corrected chi connectivity index (χ1v) is 4.75. The van der Waals surface area contributed by atoms with Crippen LogP contribution in [0, 0.1) is 13.8 Å². The first-order valence-electron chi connectivity index (χ1n) is 4.75. The van der Waals surface area contributed by atoms with Crippen molar-refractivity contribution in [3.63, 3.8) is 0 Å². The molecule has 0 amide bonds. The van der Waals surface area contributed by atoms with Gasteiger partial charge in [0, 0.05) is 12.5 Å². The molecule has 0 aliphatic rings. The molecule has 0 unspecified atom stereocenters. The molecule has 2 nitrogen and oxygen atoms in total. The molecule has 92 valence electrons. The lowest BCUT2D eigenvalue weighted by Crippen LogP contribution is -2.14. The molecule has 0 spiro atoms. The quantitative estimate of drug-likeness (QED) is 0.867. The van der Waals surface area contributed by atoms with E-state index in [0.717, 1.165) is 0 Å². The summed E-state index contributed by atoms with van der Waals surface area (Å²) >= 11 is 0. The summed E-state index contributed by atoms with van der Waals surface area (Å²) in [6, 6.07) is 2.62. The van der Waals surface area contributed by atoms with Gasteiger partial charge in [-0.25, -0.2) is 8.78 Å². The number of hydrogen-bond donors (Lipinski definition) is 2. The summed E-state index contributed by atoms with van der Waals surface area (Å²) in [5.74, 6) is 0.197. The highest BCUT2D eigenvalue weighted by molar-refractivity contribution is 5.85. The average Bonchev–Trinajstić information content (AvgIpc) is 2.12. The standard InChI is InChI=1S/C11H15F2NO.ClH/c1-6-3-8(4-7(2)11(6)15)9(14)5-10(12)13;/h3-4,9-10,15H,5,14H2,1-2H3;1H/t9-;/m0./s1. The lowest BCUT2D eigenvalue weighted by Gasteiger charge is -2.14. The molecule has 0 aliphatic heterocycles. The minimum atomic E-state index is -2.41. The zero-order valence-electron chi connectivity index (χ0n) is 9.21. The van der Waals surface area contributed by atoms with Gasteiger partial charge in [-0.05, 0) is 30.5 Å². The van der Waals surface area contributed by atoms with E-state index in [2.05, 4.69) is 0 Å². The molecule has 0 aliphatic carbocycles. The van der Waals surface area contributed by atoms with Crippen molar-refractivity contribution in [3.8, 4) is 5.75 Å². The molecule has 1 aromatic rings. The molecule has 5 heteroatoms. The molecule has 0 fully saturated rings. The van der Waals surface area contributed by atoms with Gasteiger partial charge in [0.1, 0.15) is 5.75 Å². The van der Waals surface area contributed by atoms with Gasteiger partial charge >= 0.3 is 0 Å². The second kappa shape index (κ2) is 6.01. The second-order valence-electron chi connectivity index (χ2n) is 3.74. The molecular weight excluding hydrogens is 236 g/mol. The minimum absolute atomic E-state index is 0. The zero-order valence-corrected chi connectivity index (χ0v) is 10.0. The normalized spacial score (nSPS) is 12.4. The number of nitrogens with two attached hydrogens (primary N) is 1. The lowest BCUT2D eigenvalue weighted by atomic mass is 9.99. The molecule has 0 heterocycles. The van der Waals surface area contributed by atoms with Crippen LogP contribution >= 0.6 is 12.4 Å². The number of phenolic OH excluding ortho intramolecular Hbond substituents is 1. The Balaban J connectivity index is 0.00000225. The molecule has 0 saturated heterocycles. The van der Waals surface area contributed by atoms with Crippen molar-refractivity contribution in [3.05, 3.63) is 28.8 Å². The van der Waals surface area contributed by atoms with Gasteiger partial charge in [0.15, 0.2) is 0 Å². The largest absolute Gasteiger partial charge is 0.507 e. The number of halogens is 3. The third-order valence-corrected chi connectivity index (χ3v) is 2.37. The van der Waals surface area contributed by atoms with E-state index in [4.69, 9.17) is 5.73 Å². The maximum atomic E-state index is 12.1. The highest BCUT2D eigenvalue weighted by Gasteiger charge is 2.14. The van der Waals surface area contributed by atoms with Crippen molar-refractivity contribution in [2.45, 2.75) is 32.7 Å². The summed E-state index contributed by atoms with van der Waals surface area (Å²) in [5, 5.41) is 9.51. The molecule has 1 atom stereocenters. The van der Waals surface area contributed by atoms with Gasteiger partial charge in [-0.3, -0.25) is 0 Å². The molecule has 0 bridgehead atoms. The fraction of sp³-hybridized carbons (Fsp3) is 0.455. The lowest BCUT2D eigenvalue weighted by molar-refractivity contribution is 0.128. The highest BCUT2D eigenvalue weighted by Crippen LogP contribution is 2.27. The summed E-state index contributed by atoms with van der Waals surface area (Å²) in [6.45, 7) is 3.45. The Morgan fingerprint density at radius 2 is 1.69 bits per heavy atom. The summed E-state index contributed by atoms with van der Waals surface area (Å²) in [6.07, 6.45) is -2.77. The van der Waals surface area contributed by atoms with E-state index in [0.29, 0.717) is 16.7 Å². The third kappa shape index (κ3) is 3.61. The van der Waals surface area contributed by atoms with E-state index in [1.165, 1.54) is 0 Å². The second-order valence-corrected chi connectivity index (χ2v) is 3.74. The van der Waals surface area contributed by atoms with Crippen LogP contribution in [-0.2, 0) is 0 Å². The van der Waals surface area contributed by atoms with E-state index < -0.39 is 12.5 Å². The average molecular weight is 252 g/mol. The Hall–Kier alpha value is -0.870. The fourth-order valence-electron chi connectivity index (χ4n) is 1.53. The van der Waals surface area contributed by atoms with Crippen LogP contribution in [0.25, 0.3) is 0 Å². The van der Waals surface area contributed by atoms with E-state index in [9.17, 15) is 13.9 Å². The zero-order chi connectivity index (χ0) is 11.6. The Morgan fingerprint density at radius 3 is 2.06 bits per heavy atom. The predicted octanol–water partition coefficient (Wildman–Crippen LogP) is 3.09. The van der Waals surface area contributed by atoms with Crippen LogP contribution in [0.15, 0.2) is 12.1 Å². The molecular formula is C11H16ClF2NO. The van der Waals surface area contributed by atoms with E-state index in [1.54, 1.807) is 26.0 Å². The van der Waals surface area contributed by atoms with Crippen LogP contribution in [0.5, 0.6) is 5.75 Å². The van der Waals surface area contributed by atoms with Crippen LogP contribution in [0.1, 0.15) is 29.2 Å². The monoisotopic (exact) mass is 251 g/mol. The van der Waals surface area contributed by atoms with Crippen LogP contribution in [0.3, 0.4) is 0 Å². The van der Waals surface area contributed by atoms with E-state index in [1.807, 2.05) is 0 Å². The van der Waals surface area contributed by atoms with Crippen molar-refractivity contribution in [2.75, 3.05) is 0 Å². The van der Waals surface area contributed by atoms with E-state index in [-0.39, 0.29) is 24.6 Å². The van der Waals surface area contributed by atoms with E-state index >= 15 is 0 Å². The van der Waals surface area contributed by atoms with Gasteiger partial charge in [-0.15, -0.1) is 12.4 Å². The predicted molar refractivity (Wildman–Crippen MR) is 62.4 cm³/mol. The maximum absolute atomic E-state index is 12.1. The number of aryl methyl sites for hydroxylation is 2. The van der Waals surface area contributed by atoms with Crippen molar-refractivity contribution >= 4 is 12.4 Å². The van der Waals surface area contributed by atoms with Gasteiger partial charge in [-0.1, -0.05) is 12.1 Å². The first-order chi connectivity index (χ1) is 6.91. The first kappa shape index (κ1) is 15.1. The number of hydrogen-bond acceptors (Lipinski definition) is 2. The molecule has 0 aromatic heterocycles. The molecule has 0 saturated carbocycles. The molecule has 1 aromatic carbocycles. The summed E-state index contributed by atoms with van der Waals surface area (Å²) in [5.41, 5.74) is 7.59. The topological polar surface area (TPSA) is 46.2 Å². The third-order valence-electron chi connectivity index (χ3n) is 2.37. The molecule has 16 heavy (non-hydrogen) atoms. The fourth-order valence-corrected chi connectivity index (χ4v) is 1.53. The Morgan fingerprint density at radius 1 is 1.25 bits per heavy atom. The Bertz CT molecular complexity index is 335. The van der Waals surface area contributed by atoms with Crippen LogP contribution in [-0.4, -0.2) is 11.5 Å².